The number of aromatic amines is 1. The second-order valence-corrected chi connectivity index (χ2v) is 6.07. The first-order valence-electron chi connectivity index (χ1n) is 7.13. The van der Waals surface area contributed by atoms with Crippen LogP contribution in [0.5, 0.6) is 0 Å². The lowest BCUT2D eigenvalue weighted by molar-refractivity contribution is 0.821. The van der Waals surface area contributed by atoms with Crippen molar-refractivity contribution >= 4 is 0 Å². The van der Waals surface area contributed by atoms with E-state index in [1.165, 1.54) is 16.7 Å². The molecule has 0 atom stereocenters. The molecule has 0 unspecified atom stereocenters. The van der Waals surface area contributed by atoms with Crippen LogP contribution in [0, 0.1) is 18.3 Å². The molecule has 0 spiro atoms. The smallest absolute Gasteiger partial charge is 0.127 e. The average Bonchev–Trinajstić information content (AvgIpc) is 3.09. The molecule has 0 saturated heterocycles. The van der Waals surface area contributed by atoms with Crippen LogP contribution < -0.4 is 0 Å². The number of nitrogens with zero attached hydrogens (tertiary/aromatic N) is 2. The van der Waals surface area contributed by atoms with Crippen molar-refractivity contribution in [3.8, 4) is 17.3 Å². The van der Waals surface area contributed by atoms with Crippen molar-refractivity contribution in [2.75, 3.05) is 0 Å². The van der Waals surface area contributed by atoms with Gasteiger partial charge < -0.3 is 4.98 Å². The molecule has 102 valence electrons. The number of benzene rings is 1. The minimum atomic E-state index is -0.345. The average molecular weight is 265 g/mol. The molecule has 0 aliphatic heterocycles. The first kappa shape index (κ1) is 12.9. The highest BCUT2D eigenvalue weighted by molar-refractivity contribution is 5.64. The van der Waals surface area contributed by atoms with E-state index in [2.05, 4.69) is 55.0 Å². The zero-order chi connectivity index (χ0) is 14.3. The Bertz CT molecular complexity index is 685. The van der Waals surface area contributed by atoms with Gasteiger partial charge in [-0.15, -0.1) is 0 Å². The molecule has 3 nitrogen and oxygen atoms in total. The quantitative estimate of drug-likeness (QED) is 0.909. The third-order valence-corrected chi connectivity index (χ3v) is 4.21. The molecular weight excluding hydrogens is 246 g/mol. The summed E-state index contributed by atoms with van der Waals surface area (Å²) in [5.41, 5.74) is 4.40. The Kier molecular flexibility index (Phi) is 2.90. The maximum absolute atomic E-state index is 9.25. The summed E-state index contributed by atoms with van der Waals surface area (Å²) in [6.45, 7) is 6.50. The number of H-pyrrole nitrogens is 1. The topological polar surface area (TPSA) is 52.5 Å². The fraction of sp³-hybridized carbons (Fsp3) is 0.412. The Morgan fingerprint density at radius 2 is 2.10 bits per heavy atom. The van der Waals surface area contributed by atoms with Crippen molar-refractivity contribution in [2.24, 2.45) is 0 Å². The monoisotopic (exact) mass is 265 g/mol. The first-order valence-corrected chi connectivity index (χ1v) is 7.13. The number of hydrogen-bond donors (Lipinski definition) is 1. The van der Waals surface area contributed by atoms with Gasteiger partial charge in [0.05, 0.1) is 18.0 Å². The van der Waals surface area contributed by atoms with Gasteiger partial charge in [-0.05, 0) is 42.9 Å². The van der Waals surface area contributed by atoms with Gasteiger partial charge in [0.25, 0.3) is 0 Å². The number of aryl methyl sites for hydroxylation is 1. The highest BCUT2D eigenvalue weighted by Crippen LogP contribution is 2.46. The lowest BCUT2D eigenvalue weighted by Gasteiger charge is -2.10. The second kappa shape index (κ2) is 4.49. The summed E-state index contributed by atoms with van der Waals surface area (Å²) in [5, 5.41) is 9.25. The standard InChI is InChI=1S/C17H19N3/c1-11(2)13-5-4-12(3)14(8-13)15-9-19-16(20-15)17(10-18)6-7-17/h4-5,8-9,11H,6-7H2,1-3H3,(H,19,20). The van der Waals surface area contributed by atoms with E-state index in [4.69, 9.17) is 0 Å². The van der Waals surface area contributed by atoms with Gasteiger partial charge >= 0.3 is 0 Å². The van der Waals surface area contributed by atoms with E-state index >= 15 is 0 Å². The largest absolute Gasteiger partial charge is 0.341 e. The van der Waals surface area contributed by atoms with Gasteiger partial charge in [-0.2, -0.15) is 5.26 Å². The molecule has 1 heterocycles. The van der Waals surface area contributed by atoms with Crippen LogP contribution in [-0.2, 0) is 5.41 Å². The van der Waals surface area contributed by atoms with E-state index < -0.39 is 0 Å². The van der Waals surface area contributed by atoms with E-state index in [1.54, 1.807) is 0 Å². The Morgan fingerprint density at radius 3 is 2.70 bits per heavy atom. The van der Waals surface area contributed by atoms with Gasteiger partial charge in [0, 0.05) is 5.56 Å². The van der Waals surface area contributed by atoms with Crippen molar-refractivity contribution in [1.29, 1.82) is 5.26 Å². The normalized spacial score (nSPS) is 16.1. The number of nitriles is 1. The number of rotatable bonds is 3. The second-order valence-electron chi connectivity index (χ2n) is 6.07. The fourth-order valence-electron chi connectivity index (χ4n) is 2.52. The first-order chi connectivity index (χ1) is 9.55. The van der Waals surface area contributed by atoms with E-state index in [0.717, 1.165) is 24.4 Å². The van der Waals surface area contributed by atoms with Crippen molar-refractivity contribution < 1.29 is 0 Å². The molecule has 1 N–H and O–H groups in total. The van der Waals surface area contributed by atoms with Gasteiger partial charge in [-0.1, -0.05) is 26.0 Å². The number of hydrogen-bond acceptors (Lipinski definition) is 2. The van der Waals surface area contributed by atoms with E-state index in [0.29, 0.717) is 5.92 Å². The minimum absolute atomic E-state index is 0.345. The zero-order valence-electron chi connectivity index (χ0n) is 12.2. The summed E-state index contributed by atoms with van der Waals surface area (Å²) in [6.07, 6.45) is 3.70. The third kappa shape index (κ3) is 2.02. The Morgan fingerprint density at radius 1 is 1.35 bits per heavy atom. The summed E-state index contributed by atoms with van der Waals surface area (Å²) in [7, 11) is 0. The number of aromatic nitrogens is 2. The van der Waals surface area contributed by atoms with Crippen molar-refractivity contribution in [3.05, 3.63) is 41.3 Å². The highest BCUT2D eigenvalue weighted by Gasteiger charge is 2.47. The Labute approximate surface area is 119 Å². The van der Waals surface area contributed by atoms with Crippen LogP contribution in [0.25, 0.3) is 11.3 Å². The molecule has 1 saturated carbocycles. The van der Waals surface area contributed by atoms with Crippen LogP contribution >= 0.6 is 0 Å². The molecule has 1 aromatic carbocycles. The van der Waals surface area contributed by atoms with Crippen LogP contribution in [-0.4, -0.2) is 9.97 Å². The maximum Gasteiger partial charge on any atom is 0.127 e. The summed E-state index contributed by atoms with van der Waals surface area (Å²) in [6, 6.07) is 8.94. The molecule has 1 fully saturated rings. The predicted octanol–water partition coefficient (Wildman–Crippen LogP) is 4.06. The number of imidazole rings is 1. The summed E-state index contributed by atoms with van der Waals surface area (Å²) in [5.74, 6) is 1.33. The molecular formula is C17H19N3. The summed E-state index contributed by atoms with van der Waals surface area (Å²) >= 11 is 0. The molecule has 1 aliphatic carbocycles. The van der Waals surface area contributed by atoms with Gasteiger partial charge in [0.2, 0.25) is 0 Å². The van der Waals surface area contributed by atoms with Crippen LogP contribution in [0.1, 0.15) is 49.6 Å². The molecule has 20 heavy (non-hydrogen) atoms. The van der Waals surface area contributed by atoms with Crippen LogP contribution in [0.4, 0.5) is 0 Å². The SMILES string of the molecule is Cc1ccc(C(C)C)cc1-c1cnc(C2(C#N)CC2)[nH]1. The molecule has 0 radical (unpaired) electrons. The minimum Gasteiger partial charge on any atom is -0.341 e. The van der Waals surface area contributed by atoms with Crippen molar-refractivity contribution in [3.63, 3.8) is 0 Å². The van der Waals surface area contributed by atoms with Gasteiger partial charge in [-0.3, -0.25) is 0 Å². The molecule has 3 rings (SSSR count). The number of nitrogens with one attached hydrogen (secondary N) is 1. The fourth-order valence-corrected chi connectivity index (χ4v) is 2.52. The molecule has 3 heteroatoms. The van der Waals surface area contributed by atoms with Gasteiger partial charge in [-0.25, -0.2) is 4.98 Å². The van der Waals surface area contributed by atoms with Crippen molar-refractivity contribution in [2.45, 2.75) is 44.9 Å². The Balaban J connectivity index is 2.02. The van der Waals surface area contributed by atoms with Crippen molar-refractivity contribution in [1.82, 2.24) is 9.97 Å². The van der Waals surface area contributed by atoms with Crippen LogP contribution in [0.2, 0.25) is 0 Å². The lowest BCUT2D eigenvalue weighted by Crippen LogP contribution is -2.04. The molecule has 1 aliphatic rings. The van der Waals surface area contributed by atoms with Crippen LogP contribution in [0.3, 0.4) is 0 Å². The maximum atomic E-state index is 9.25. The molecule has 2 aromatic rings. The van der Waals surface area contributed by atoms with Gasteiger partial charge in [0.1, 0.15) is 11.2 Å². The van der Waals surface area contributed by atoms with Crippen LogP contribution in [0.15, 0.2) is 24.4 Å². The van der Waals surface area contributed by atoms with Gasteiger partial charge in [0.15, 0.2) is 0 Å². The molecule has 0 bridgehead atoms. The predicted molar refractivity (Wildman–Crippen MR) is 79.4 cm³/mol. The summed E-state index contributed by atoms with van der Waals surface area (Å²) < 4.78 is 0. The highest BCUT2D eigenvalue weighted by atomic mass is 15.0. The Hall–Kier alpha value is -2.08. The van der Waals surface area contributed by atoms with E-state index in [-0.39, 0.29) is 5.41 Å². The molecule has 0 amide bonds. The van der Waals surface area contributed by atoms with E-state index in [9.17, 15) is 5.26 Å². The van der Waals surface area contributed by atoms with E-state index in [1.807, 2.05) is 6.20 Å². The zero-order valence-corrected chi connectivity index (χ0v) is 12.2. The molecule has 1 aromatic heterocycles. The third-order valence-electron chi connectivity index (χ3n) is 4.21. The lowest BCUT2D eigenvalue weighted by atomic mass is 9.96. The summed E-state index contributed by atoms with van der Waals surface area (Å²) in [4.78, 5) is 7.79.